The topological polar surface area (TPSA) is 62.5 Å². The van der Waals surface area contributed by atoms with Gasteiger partial charge in [-0.2, -0.15) is 0 Å². The second-order valence-electron chi connectivity index (χ2n) is 8.68. The molecule has 1 aliphatic rings. The third-order valence-electron chi connectivity index (χ3n) is 6.34. The fraction of sp³-hybridized carbons (Fsp3) is 0.385. The molecule has 1 aliphatic heterocycles. The lowest BCUT2D eigenvalue weighted by molar-refractivity contribution is -0.136. The Kier molecular flexibility index (Phi) is 6.12. The third-order valence-corrected chi connectivity index (χ3v) is 6.34. The van der Waals surface area contributed by atoms with Gasteiger partial charge in [0.15, 0.2) is 0 Å². The lowest BCUT2D eigenvalue weighted by Gasteiger charge is -2.29. The molecule has 3 aromatic rings. The van der Waals surface area contributed by atoms with Gasteiger partial charge in [0.05, 0.1) is 5.56 Å². The maximum absolute atomic E-state index is 12.5. The highest BCUT2D eigenvalue weighted by atomic mass is 16.4. The summed E-state index contributed by atoms with van der Waals surface area (Å²) in [6.45, 7) is 3.99. The molecule has 1 N–H and O–H groups in total. The zero-order valence-electron chi connectivity index (χ0n) is 18.3. The van der Waals surface area contributed by atoms with E-state index in [0.717, 1.165) is 50.8 Å². The summed E-state index contributed by atoms with van der Waals surface area (Å²) in [5.74, 6) is -0.576. The highest BCUT2D eigenvalue weighted by Gasteiger charge is 2.26. The number of carbonyl (C=O) groups excluding carboxylic acids is 1. The smallest absolute Gasteiger partial charge is 0.335 e. The monoisotopic (exact) mass is 418 g/mol. The van der Waals surface area contributed by atoms with Gasteiger partial charge >= 0.3 is 5.97 Å². The minimum absolute atomic E-state index is 0.0703. The number of carboxylic acids is 1. The predicted molar refractivity (Wildman–Crippen MR) is 123 cm³/mol. The molecular formula is C26H30N2O3. The van der Waals surface area contributed by atoms with E-state index in [9.17, 15) is 9.59 Å². The van der Waals surface area contributed by atoms with Crippen molar-refractivity contribution in [2.45, 2.75) is 45.6 Å². The molecule has 1 aromatic heterocycles. The minimum Gasteiger partial charge on any atom is -0.478 e. The SMILES string of the molecule is CCCn1cc(Cc2ccc(C(=O)O)cc2)c2cc(CC3CCCN(C)C3=O)ccc21. The number of likely N-dealkylation sites (tertiary alicyclic amines) is 1. The quantitative estimate of drug-likeness (QED) is 0.602. The summed E-state index contributed by atoms with van der Waals surface area (Å²) in [5.41, 5.74) is 5.06. The summed E-state index contributed by atoms with van der Waals surface area (Å²) in [6, 6.07) is 13.7. The van der Waals surface area contributed by atoms with Crippen LogP contribution in [0.1, 0.15) is 53.2 Å². The first-order valence-corrected chi connectivity index (χ1v) is 11.1. The van der Waals surface area contributed by atoms with Gasteiger partial charge in [-0.05, 0) is 73.1 Å². The van der Waals surface area contributed by atoms with Crippen LogP contribution in [0.2, 0.25) is 0 Å². The van der Waals surface area contributed by atoms with Crippen molar-refractivity contribution in [3.63, 3.8) is 0 Å². The van der Waals surface area contributed by atoms with Crippen molar-refractivity contribution in [2.75, 3.05) is 13.6 Å². The maximum atomic E-state index is 12.5. The van der Waals surface area contributed by atoms with Crippen LogP contribution >= 0.6 is 0 Å². The van der Waals surface area contributed by atoms with E-state index in [4.69, 9.17) is 5.11 Å². The van der Waals surface area contributed by atoms with Crippen LogP contribution in [0.4, 0.5) is 0 Å². The van der Waals surface area contributed by atoms with Crippen LogP contribution in [-0.2, 0) is 24.2 Å². The highest BCUT2D eigenvalue weighted by Crippen LogP contribution is 2.28. The van der Waals surface area contributed by atoms with E-state index in [1.165, 1.54) is 22.0 Å². The van der Waals surface area contributed by atoms with E-state index in [1.807, 2.05) is 24.1 Å². The van der Waals surface area contributed by atoms with E-state index in [-0.39, 0.29) is 11.8 Å². The number of piperidine rings is 1. The van der Waals surface area contributed by atoms with Crippen molar-refractivity contribution in [3.8, 4) is 0 Å². The van der Waals surface area contributed by atoms with Gasteiger partial charge < -0.3 is 14.6 Å². The molecule has 5 nitrogen and oxygen atoms in total. The Morgan fingerprint density at radius 2 is 1.87 bits per heavy atom. The lowest BCUT2D eigenvalue weighted by atomic mass is 9.90. The van der Waals surface area contributed by atoms with Crippen LogP contribution in [0.5, 0.6) is 0 Å². The van der Waals surface area contributed by atoms with Gasteiger partial charge in [0.2, 0.25) is 5.91 Å². The summed E-state index contributed by atoms with van der Waals surface area (Å²) in [4.78, 5) is 25.5. The Bertz CT molecular complexity index is 1100. The molecular weight excluding hydrogens is 388 g/mol. The number of nitrogens with zero attached hydrogens (tertiary/aromatic N) is 2. The van der Waals surface area contributed by atoms with Crippen molar-refractivity contribution in [2.24, 2.45) is 5.92 Å². The molecule has 0 saturated carbocycles. The van der Waals surface area contributed by atoms with Crippen molar-refractivity contribution >= 4 is 22.8 Å². The number of carbonyl (C=O) groups is 2. The van der Waals surface area contributed by atoms with E-state index in [2.05, 4.69) is 35.9 Å². The Hall–Kier alpha value is -3.08. The molecule has 1 fully saturated rings. The van der Waals surface area contributed by atoms with Crippen molar-refractivity contribution in [1.82, 2.24) is 9.47 Å². The zero-order valence-corrected chi connectivity index (χ0v) is 18.3. The summed E-state index contributed by atoms with van der Waals surface area (Å²) < 4.78 is 2.31. The molecule has 2 aromatic carbocycles. The number of benzene rings is 2. The number of rotatable bonds is 7. The van der Waals surface area contributed by atoms with Crippen LogP contribution in [0.15, 0.2) is 48.7 Å². The Morgan fingerprint density at radius 1 is 1.13 bits per heavy atom. The average Bonchev–Trinajstić information content (AvgIpc) is 3.09. The van der Waals surface area contributed by atoms with Crippen molar-refractivity contribution < 1.29 is 14.7 Å². The fourth-order valence-electron chi connectivity index (χ4n) is 4.69. The molecule has 5 heteroatoms. The number of hydrogen-bond acceptors (Lipinski definition) is 2. The second-order valence-corrected chi connectivity index (χ2v) is 8.68. The molecule has 31 heavy (non-hydrogen) atoms. The normalized spacial score (nSPS) is 16.8. The van der Waals surface area contributed by atoms with E-state index in [1.54, 1.807) is 12.1 Å². The van der Waals surface area contributed by atoms with Crippen molar-refractivity contribution in [3.05, 3.63) is 70.9 Å². The first-order valence-electron chi connectivity index (χ1n) is 11.1. The molecule has 1 amide bonds. The number of fused-ring (bicyclic) bond motifs is 1. The van der Waals surface area contributed by atoms with Crippen LogP contribution in [-0.4, -0.2) is 40.0 Å². The summed E-state index contributed by atoms with van der Waals surface area (Å²) >= 11 is 0. The standard InChI is InChI=1S/C26H30N2O3/c1-3-12-28-17-22(14-18-6-9-20(10-7-18)26(30)31)23-16-19(8-11-24(23)28)15-21-5-4-13-27(2)25(21)29/h6-11,16-17,21H,3-5,12-15H2,1-2H3,(H,30,31). The Balaban J connectivity index is 1.64. The number of amides is 1. The van der Waals surface area contributed by atoms with Gasteiger partial charge in [-0.15, -0.1) is 0 Å². The van der Waals surface area contributed by atoms with Gasteiger partial charge in [0.1, 0.15) is 0 Å². The molecule has 0 spiro atoms. The molecule has 2 heterocycles. The van der Waals surface area contributed by atoms with E-state index < -0.39 is 5.97 Å². The number of aryl methyl sites for hydroxylation is 1. The summed E-state index contributed by atoms with van der Waals surface area (Å²) in [7, 11) is 1.90. The highest BCUT2D eigenvalue weighted by molar-refractivity contribution is 5.88. The lowest BCUT2D eigenvalue weighted by Crippen LogP contribution is -2.39. The number of aromatic carboxylic acids is 1. The Morgan fingerprint density at radius 3 is 2.58 bits per heavy atom. The van der Waals surface area contributed by atoms with E-state index >= 15 is 0 Å². The molecule has 1 saturated heterocycles. The minimum atomic E-state index is -0.904. The largest absolute Gasteiger partial charge is 0.478 e. The first-order chi connectivity index (χ1) is 15.0. The zero-order chi connectivity index (χ0) is 22.0. The molecule has 4 rings (SSSR count). The predicted octanol–water partition coefficient (Wildman–Crippen LogP) is 4.75. The van der Waals surface area contributed by atoms with Crippen LogP contribution in [0.25, 0.3) is 10.9 Å². The molecule has 1 unspecified atom stereocenters. The van der Waals surface area contributed by atoms with Crippen LogP contribution < -0.4 is 0 Å². The molecule has 0 bridgehead atoms. The molecule has 0 radical (unpaired) electrons. The Labute approximate surface area is 183 Å². The fourth-order valence-corrected chi connectivity index (χ4v) is 4.69. The first kappa shape index (κ1) is 21.2. The van der Waals surface area contributed by atoms with Gasteiger partial charge in [0.25, 0.3) is 0 Å². The number of carboxylic acid groups (broad SMARTS) is 1. The van der Waals surface area contributed by atoms with Crippen LogP contribution in [0, 0.1) is 5.92 Å². The molecule has 0 aliphatic carbocycles. The average molecular weight is 419 g/mol. The maximum Gasteiger partial charge on any atom is 0.335 e. The molecule has 162 valence electrons. The van der Waals surface area contributed by atoms with Crippen LogP contribution in [0.3, 0.4) is 0 Å². The molecule has 1 atom stereocenters. The summed E-state index contributed by atoms with van der Waals surface area (Å²) in [5, 5.41) is 10.4. The van der Waals surface area contributed by atoms with Gasteiger partial charge in [-0.3, -0.25) is 4.79 Å². The van der Waals surface area contributed by atoms with E-state index in [0.29, 0.717) is 5.56 Å². The number of aromatic nitrogens is 1. The van der Waals surface area contributed by atoms with Gasteiger partial charge in [-0.1, -0.05) is 25.1 Å². The summed E-state index contributed by atoms with van der Waals surface area (Å²) in [6.07, 6.45) is 6.84. The van der Waals surface area contributed by atoms with Crippen molar-refractivity contribution in [1.29, 1.82) is 0 Å². The number of hydrogen-bond donors (Lipinski definition) is 1. The second kappa shape index (κ2) is 8.96. The van der Waals surface area contributed by atoms with Gasteiger partial charge in [-0.25, -0.2) is 4.79 Å². The van der Waals surface area contributed by atoms with Gasteiger partial charge in [0, 0.05) is 43.2 Å². The third kappa shape index (κ3) is 4.50.